The molecule has 0 saturated heterocycles. The van der Waals surface area contributed by atoms with Crippen molar-refractivity contribution in [1.29, 1.82) is 0 Å². The van der Waals surface area contributed by atoms with Gasteiger partial charge in [0, 0.05) is 29.2 Å². The monoisotopic (exact) mass is 430 g/mol. The van der Waals surface area contributed by atoms with Crippen LogP contribution in [0.3, 0.4) is 0 Å². The first-order valence-electron chi connectivity index (χ1n) is 8.97. The Labute approximate surface area is 175 Å². The van der Waals surface area contributed by atoms with Crippen molar-refractivity contribution >= 4 is 17.5 Å². The maximum atomic E-state index is 12.9. The van der Waals surface area contributed by atoms with Gasteiger partial charge in [0.15, 0.2) is 5.82 Å². The fraction of sp³-hybridized carbons (Fsp3) is 0.190. The molecule has 0 saturated carbocycles. The minimum atomic E-state index is -4.51. The van der Waals surface area contributed by atoms with Gasteiger partial charge in [0.1, 0.15) is 0 Å². The standard InChI is InChI=1S/C21H14ClF3N4O/c22-17-6-1-3-14(11-17)7-8-18-26-27-19-13-28(9-10-29(18)19)20(30)15-4-2-5-16(12-15)21(23,24)25/h1-6,11-12H,9-10,13H2. The van der Waals surface area contributed by atoms with Gasteiger partial charge in [-0.2, -0.15) is 13.2 Å². The molecule has 30 heavy (non-hydrogen) atoms. The number of nitrogens with zero attached hydrogens (tertiary/aromatic N) is 4. The zero-order valence-corrected chi connectivity index (χ0v) is 16.2. The number of fused-ring (bicyclic) bond motifs is 1. The van der Waals surface area contributed by atoms with E-state index in [1.807, 2.05) is 6.07 Å². The van der Waals surface area contributed by atoms with E-state index < -0.39 is 17.6 Å². The smallest absolute Gasteiger partial charge is 0.329 e. The van der Waals surface area contributed by atoms with Crippen molar-refractivity contribution in [2.24, 2.45) is 0 Å². The summed E-state index contributed by atoms with van der Waals surface area (Å²) < 4.78 is 40.6. The number of carbonyl (C=O) groups excluding carboxylic acids is 1. The Bertz CT molecular complexity index is 1180. The summed E-state index contributed by atoms with van der Waals surface area (Å²) in [6.45, 7) is 0.847. The molecule has 152 valence electrons. The zero-order chi connectivity index (χ0) is 21.3. The number of hydrogen-bond acceptors (Lipinski definition) is 3. The fourth-order valence-corrected chi connectivity index (χ4v) is 3.32. The lowest BCUT2D eigenvalue weighted by Crippen LogP contribution is -2.38. The van der Waals surface area contributed by atoms with Gasteiger partial charge < -0.3 is 9.47 Å². The van der Waals surface area contributed by atoms with Crippen molar-refractivity contribution in [2.45, 2.75) is 19.3 Å². The summed E-state index contributed by atoms with van der Waals surface area (Å²) in [5.41, 5.74) is -0.136. The molecule has 0 spiro atoms. The fourth-order valence-electron chi connectivity index (χ4n) is 3.13. The summed E-state index contributed by atoms with van der Waals surface area (Å²) in [6.07, 6.45) is -4.51. The summed E-state index contributed by atoms with van der Waals surface area (Å²) >= 11 is 5.95. The highest BCUT2D eigenvalue weighted by Crippen LogP contribution is 2.30. The number of carbonyl (C=O) groups is 1. The second-order valence-electron chi connectivity index (χ2n) is 6.66. The number of rotatable bonds is 1. The first-order valence-corrected chi connectivity index (χ1v) is 9.35. The SMILES string of the molecule is O=C(c1cccc(C(F)(F)F)c1)N1CCn2c(C#Cc3cccc(Cl)c3)nnc2C1. The van der Waals surface area contributed by atoms with Crippen molar-refractivity contribution in [3.8, 4) is 11.8 Å². The van der Waals surface area contributed by atoms with Crippen LogP contribution in [-0.2, 0) is 19.3 Å². The van der Waals surface area contributed by atoms with Crippen molar-refractivity contribution in [2.75, 3.05) is 6.54 Å². The molecule has 1 amide bonds. The van der Waals surface area contributed by atoms with E-state index in [9.17, 15) is 18.0 Å². The van der Waals surface area contributed by atoms with E-state index in [1.54, 1.807) is 22.8 Å². The maximum Gasteiger partial charge on any atom is 0.416 e. The zero-order valence-electron chi connectivity index (χ0n) is 15.4. The molecule has 1 aliphatic rings. The molecule has 0 bridgehead atoms. The van der Waals surface area contributed by atoms with Gasteiger partial charge in [0.05, 0.1) is 12.1 Å². The minimum absolute atomic E-state index is 0.0150. The molecule has 2 heterocycles. The van der Waals surface area contributed by atoms with Gasteiger partial charge in [-0.05, 0) is 42.3 Å². The van der Waals surface area contributed by atoms with Gasteiger partial charge in [0.2, 0.25) is 5.82 Å². The normalized spacial score (nSPS) is 13.4. The topological polar surface area (TPSA) is 51.0 Å². The van der Waals surface area contributed by atoms with E-state index in [4.69, 9.17) is 11.6 Å². The number of alkyl halides is 3. The molecule has 0 fully saturated rings. The van der Waals surface area contributed by atoms with Gasteiger partial charge in [-0.15, -0.1) is 10.2 Å². The number of benzene rings is 2. The molecule has 0 unspecified atom stereocenters. The maximum absolute atomic E-state index is 12.9. The van der Waals surface area contributed by atoms with Gasteiger partial charge in [-0.25, -0.2) is 0 Å². The largest absolute Gasteiger partial charge is 0.416 e. The van der Waals surface area contributed by atoms with Crippen LogP contribution >= 0.6 is 11.6 Å². The lowest BCUT2D eigenvalue weighted by molar-refractivity contribution is -0.137. The molecule has 2 aromatic carbocycles. The average Bonchev–Trinajstić information content (AvgIpc) is 3.13. The second-order valence-corrected chi connectivity index (χ2v) is 7.09. The number of amides is 1. The third-order valence-electron chi connectivity index (χ3n) is 4.62. The Morgan fingerprint density at radius 3 is 2.60 bits per heavy atom. The first kappa shape index (κ1) is 20.0. The van der Waals surface area contributed by atoms with Crippen molar-refractivity contribution < 1.29 is 18.0 Å². The molecule has 3 aromatic rings. The molecule has 5 nitrogen and oxygen atoms in total. The molecule has 1 aliphatic heterocycles. The molecule has 0 aliphatic carbocycles. The Morgan fingerprint density at radius 1 is 1.03 bits per heavy atom. The van der Waals surface area contributed by atoms with E-state index >= 15 is 0 Å². The minimum Gasteiger partial charge on any atom is -0.329 e. The highest BCUT2D eigenvalue weighted by atomic mass is 35.5. The molecular formula is C21H14ClF3N4O. The summed E-state index contributed by atoms with van der Waals surface area (Å²) in [5, 5.41) is 8.73. The lowest BCUT2D eigenvalue weighted by Gasteiger charge is -2.27. The van der Waals surface area contributed by atoms with Crippen LogP contribution in [0.25, 0.3) is 0 Å². The van der Waals surface area contributed by atoms with E-state index in [0.717, 1.165) is 17.7 Å². The summed E-state index contributed by atoms with van der Waals surface area (Å²) in [6, 6.07) is 11.5. The Morgan fingerprint density at radius 2 is 1.83 bits per heavy atom. The molecule has 4 rings (SSSR count). The number of aromatic nitrogens is 3. The van der Waals surface area contributed by atoms with Crippen molar-refractivity contribution in [1.82, 2.24) is 19.7 Å². The summed E-state index contributed by atoms with van der Waals surface area (Å²) in [4.78, 5) is 14.2. The Balaban J connectivity index is 1.52. The van der Waals surface area contributed by atoms with Crippen LogP contribution in [0.5, 0.6) is 0 Å². The Kier molecular flexibility index (Phi) is 5.22. The number of halogens is 4. The van der Waals surface area contributed by atoms with E-state index in [2.05, 4.69) is 22.0 Å². The van der Waals surface area contributed by atoms with E-state index in [-0.39, 0.29) is 12.1 Å². The molecule has 9 heteroatoms. The van der Waals surface area contributed by atoms with Crippen molar-refractivity contribution in [3.05, 3.63) is 81.9 Å². The molecular weight excluding hydrogens is 417 g/mol. The van der Waals surface area contributed by atoms with Crippen LogP contribution in [0.2, 0.25) is 5.02 Å². The number of hydrogen-bond donors (Lipinski definition) is 0. The lowest BCUT2D eigenvalue weighted by atomic mass is 10.1. The van der Waals surface area contributed by atoms with Crippen LogP contribution in [0, 0.1) is 11.8 Å². The Hall–Kier alpha value is -3.31. The molecule has 0 N–H and O–H groups in total. The van der Waals surface area contributed by atoms with Gasteiger partial charge >= 0.3 is 6.18 Å². The van der Waals surface area contributed by atoms with Crippen LogP contribution in [0.4, 0.5) is 13.2 Å². The quantitative estimate of drug-likeness (QED) is 0.548. The van der Waals surface area contributed by atoms with Gasteiger partial charge in [0.25, 0.3) is 5.91 Å². The van der Waals surface area contributed by atoms with Gasteiger partial charge in [-0.1, -0.05) is 29.7 Å². The molecule has 0 atom stereocenters. The van der Waals surface area contributed by atoms with Crippen LogP contribution in [-0.4, -0.2) is 32.1 Å². The van der Waals surface area contributed by atoms with E-state index in [1.165, 1.54) is 17.0 Å². The van der Waals surface area contributed by atoms with Crippen LogP contribution in [0.15, 0.2) is 48.5 Å². The average molecular weight is 431 g/mol. The van der Waals surface area contributed by atoms with Crippen molar-refractivity contribution in [3.63, 3.8) is 0 Å². The van der Waals surface area contributed by atoms with Crippen LogP contribution in [0.1, 0.15) is 33.1 Å². The molecule has 0 radical (unpaired) electrons. The summed E-state index contributed by atoms with van der Waals surface area (Å²) in [5.74, 6) is 6.42. The summed E-state index contributed by atoms with van der Waals surface area (Å²) in [7, 11) is 0. The second kappa shape index (κ2) is 7.84. The third-order valence-corrected chi connectivity index (χ3v) is 4.86. The van der Waals surface area contributed by atoms with E-state index in [0.29, 0.717) is 29.8 Å². The molecule has 1 aromatic heterocycles. The van der Waals surface area contributed by atoms with Crippen LogP contribution < -0.4 is 0 Å². The highest BCUT2D eigenvalue weighted by Gasteiger charge is 2.32. The predicted octanol–water partition coefficient (Wildman–Crippen LogP) is 4.01. The predicted molar refractivity (Wildman–Crippen MR) is 104 cm³/mol. The first-order chi connectivity index (χ1) is 14.3. The van der Waals surface area contributed by atoms with Gasteiger partial charge in [-0.3, -0.25) is 4.79 Å². The highest BCUT2D eigenvalue weighted by molar-refractivity contribution is 6.30. The third kappa shape index (κ3) is 4.16.